The highest BCUT2D eigenvalue weighted by Gasteiger charge is 2.20. The van der Waals surface area contributed by atoms with Gasteiger partial charge in [0, 0.05) is 13.1 Å². The molecule has 1 fully saturated rings. The van der Waals surface area contributed by atoms with Crippen molar-refractivity contribution in [2.75, 3.05) is 26.0 Å². The van der Waals surface area contributed by atoms with Crippen molar-refractivity contribution < 1.29 is 9.53 Å². The fraction of sp³-hybridized carbons (Fsp3) is 0.333. The van der Waals surface area contributed by atoms with Gasteiger partial charge in [-0.3, -0.25) is 14.0 Å². The maximum absolute atomic E-state index is 13.4. The van der Waals surface area contributed by atoms with E-state index >= 15 is 0 Å². The van der Waals surface area contributed by atoms with Gasteiger partial charge >= 0.3 is 0 Å². The Bertz CT molecular complexity index is 1350. The van der Waals surface area contributed by atoms with Gasteiger partial charge in [0.25, 0.3) is 5.56 Å². The lowest BCUT2D eigenvalue weighted by Crippen LogP contribution is -2.33. The molecule has 1 saturated heterocycles. The van der Waals surface area contributed by atoms with E-state index in [0.717, 1.165) is 31.4 Å². The van der Waals surface area contributed by atoms with Crippen molar-refractivity contribution in [3.8, 4) is 11.4 Å². The Hall–Kier alpha value is -3.33. The highest BCUT2D eigenvalue weighted by atomic mass is 32.2. The van der Waals surface area contributed by atoms with Gasteiger partial charge in [0.15, 0.2) is 5.16 Å². The summed E-state index contributed by atoms with van der Waals surface area (Å²) in [4.78, 5) is 28.2. The maximum Gasteiger partial charge on any atom is 0.267 e. The van der Waals surface area contributed by atoms with Crippen LogP contribution in [0.2, 0.25) is 0 Å². The van der Waals surface area contributed by atoms with E-state index in [4.69, 9.17) is 4.74 Å². The third kappa shape index (κ3) is 4.08. The van der Waals surface area contributed by atoms with Crippen LogP contribution in [-0.4, -0.2) is 55.9 Å². The first kappa shape index (κ1) is 21.5. The average molecular weight is 464 g/mol. The van der Waals surface area contributed by atoms with E-state index in [1.807, 2.05) is 39.6 Å². The van der Waals surface area contributed by atoms with Gasteiger partial charge in [-0.15, -0.1) is 10.2 Å². The van der Waals surface area contributed by atoms with Gasteiger partial charge in [0.05, 0.1) is 29.5 Å². The molecule has 5 rings (SSSR count). The second-order valence-corrected chi connectivity index (χ2v) is 9.00. The van der Waals surface area contributed by atoms with Crippen molar-refractivity contribution in [3.05, 3.63) is 58.9 Å². The predicted molar refractivity (Wildman–Crippen MR) is 128 cm³/mol. The Balaban J connectivity index is 1.56. The number of nitrogens with zero attached hydrogens (tertiary/aromatic N) is 5. The van der Waals surface area contributed by atoms with Crippen LogP contribution in [0.15, 0.2) is 58.5 Å². The summed E-state index contributed by atoms with van der Waals surface area (Å²) >= 11 is 1.36. The third-order valence-corrected chi connectivity index (χ3v) is 6.92. The van der Waals surface area contributed by atoms with Crippen molar-refractivity contribution in [2.45, 2.75) is 30.8 Å². The number of hydrogen-bond donors (Lipinski definition) is 0. The third-order valence-electron chi connectivity index (χ3n) is 6.01. The molecular formula is C24H25N5O3S. The van der Waals surface area contributed by atoms with Crippen LogP contribution in [0.1, 0.15) is 25.7 Å². The number of fused-ring (bicyclic) bond motifs is 3. The second kappa shape index (κ2) is 9.27. The first-order valence-electron chi connectivity index (χ1n) is 11.1. The summed E-state index contributed by atoms with van der Waals surface area (Å²) in [5.74, 6) is 1.52. The van der Waals surface area contributed by atoms with Gasteiger partial charge in [-0.25, -0.2) is 4.57 Å². The van der Waals surface area contributed by atoms with Crippen LogP contribution < -0.4 is 10.3 Å². The van der Waals surface area contributed by atoms with Gasteiger partial charge in [-0.1, -0.05) is 36.7 Å². The smallest absolute Gasteiger partial charge is 0.267 e. The monoisotopic (exact) mass is 463 g/mol. The molecule has 0 radical (unpaired) electrons. The molecule has 0 N–H and O–H groups in total. The topological polar surface area (TPSA) is 81.7 Å². The number of benzene rings is 2. The molecule has 2 aromatic carbocycles. The van der Waals surface area contributed by atoms with Crippen molar-refractivity contribution in [2.24, 2.45) is 0 Å². The Kier molecular flexibility index (Phi) is 6.04. The van der Waals surface area contributed by atoms with Crippen LogP contribution in [0.25, 0.3) is 22.4 Å². The number of thioether (sulfide) groups is 1. The van der Waals surface area contributed by atoms with Crippen LogP contribution in [0.3, 0.4) is 0 Å². The number of amides is 1. The first-order valence-corrected chi connectivity index (χ1v) is 12.1. The lowest BCUT2D eigenvalue weighted by Gasteiger charge is -2.19. The van der Waals surface area contributed by atoms with Gasteiger partial charge < -0.3 is 9.64 Å². The van der Waals surface area contributed by atoms with E-state index < -0.39 is 0 Å². The van der Waals surface area contributed by atoms with Crippen molar-refractivity contribution in [1.82, 2.24) is 24.1 Å². The number of carbonyl (C=O) groups is 1. The zero-order chi connectivity index (χ0) is 22.8. The molecule has 0 aliphatic carbocycles. The molecule has 8 nitrogen and oxygen atoms in total. The van der Waals surface area contributed by atoms with E-state index in [9.17, 15) is 9.59 Å². The number of methoxy groups -OCH3 is 1. The molecule has 0 atom stereocenters. The van der Waals surface area contributed by atoms with E-state index in [1.165, 1.54) is 24.6 Å². The van der Waals surface area contributed by atoms with E-state index in [1.54, 1.807) is 29.9 Å². The predicted octanol–water partition coefficient (Wildman–Crippen LogP) is 3.54. The normalized spacial score (nSPS) is 14.5. The Morgan fingerprint density at radius 1 is 1.00 bits per heavy atom. The second-order valence-electron chi connectivity index (χ2n) is 8.06. The molecule has 0 bridgehead atoms. The minimum atomic E-state index is -0.173. The van der Waals surface area contributed by atoms with Crippen LogP contribution in [0, 0.1) is 0 Å². The highest BCUT2D eigenvalue weighted by Crippen LogP contribution is 2.24. The maximum atomic E-state index is 13.4. The Morgan fingerprint density at radius 3 is 2.45 bits per heavy atom. The lowest BCUT2D eigenvalue weighted by atomic mass is 10.2. The van der Waals surface area contributed by atoms with E-state index in [0.29, 0.717) is 27.8 Å². The molecule has 1 aliphatic heterocycles. The molecule has 33 heavy (non-hydrogen) atoms. The average Bonchev–Trinajstić information content (AvgIpc) is 3.07. The van der Waals surface area contributed by atoms with Crippen molar-refractivity contribution >= 4 is 34.3 Å². The van der Waals surface area contributed by atoms with Crippen LogP contribution in [0.5, 0.6) is 5.75 Å². The fourth-order valence-electron chi connectivity index (χ4n) is 4.27. The molecule has 4 aromatic rings. The summed E-state index contributed by atoms with van der Waals surface area (Å²) in [7, 11) is 1.60. The van der Waals surface area contributed by atoms with Crippen LogP contribution >= 0.6 is 11.8 Å². The Morgan fingerprint density at radius 2 is 1.73 bits per heavy atom. The number of rotatable bonds is 5. The van der Waals surface area contributed by atoms with Crippen molar-refractivity contribution in [3.63, 3.8) is 0 Å². The molecule has 0 saturated carbocycles. The molecule has 0 spiro atoms. The number of likely N-dealkylation sites (tertiary alicyclic amines) is 1. The van der Waals surface area contributed by atoms with Gasteiger partial charge in [-0.2, -0.15) is 0 Å². The Labute approximate surface area is 195 Å². The summed E-state index contributed by atoms with van der Waals surface area (Å²) in [6.07, 6.45) is 4.48. The zero-order valence-electron chi connectivity index (χ0n) is 18.4. The summed E-state index contributed by atoms with van der Waals surface area (Å²) in [6, 6.07) is 14.7. The summed E-state index contributed by atoms with van der Waals surface area (Å²) < 4.78 is 8.66. The van der Waals surface area contributed by atoms with Gasteiger partial charge in [0.2, 0.25) is 11.7 Å². The fourth-order valence-corrected chi connectivity index (χ4v) is 5.12. The van der Waals surface area contributed by atoms with Crippen LogP contribution in [0.4, 0.5) is 0 Å². The molecule has 170 valence electrons. The minimum absolute atomic E-state index is 0.117. The summed E-state index contributed by atoms with van der Waals surface area (Å²) in [6.45, 7) is 1.64. The molecule has 2 aromatic heterocycles. The molecule has 0 unspecified atom stereocenters. The lowest BCUT2D eigenvalue weighted by molar-refractivity contribution is -0.128. The van der Waals surface area contributed by atoms with Crippen molar-refractivity contribution in [1.29, 1.82) is 0 Å². The number of carbonyl (C=O) groups excluding carboxylic acids is 1. The quantitative estimate of drug-likeness (QED) is 0.421. The van der Waals surface area contributed by atoms with E-state index in [-0.39, 0.29) is 17.2 Å². The molecular weight excluding hydrogens is 438 g/mol. The number of aromatic nitrogens is 4. The largest absolute Gasteiger partial charge is 0.497 e. The zero-order valence-corrected chi connectivity index (χ0v) is 19.3. The molecule has 1 aliphatic rings. The van der Waals surface area contributed by atoms with Gasteiger partial charge in [0.1, 0.15) is 5.75 Å². The number of para-hydroxylation sites is 1. The molecule has 9 heteroatoms. The number of hydrogen-bond acceptors (Lipinski definition) is 6. The van der Waals surface area contributed by atoms with Gasteiger partial charge in [-0.05, 0) is 49.2 Å². The van der Waals surface area contributed by atoms with Crippen LogP contribution in [-0.2, 0) is 4.79 Å². The minimum Gasteiger partial charge on any atom is -0.497 e. The molecule has 1 amide bonds. The SMILES string of the molecule is COc1ccc(-n2c(=O)c3ccccc3n3c(SCC(=O)N4CCCCCC4)nnc23)cc1. The standard InChI is InChI=1S/C24H25N5O3S/c1-32-18-12-10-17(11-13-18)28-22(31)19-8-4-5-9-20(19)29-23(28)25-26-24(29)33-16-21(30)27-14-6-2-3-7-15-27/h4-5,8-13H,2-3,6-7,14-16H2,1H3. The summed E-state index contributed by atoms with van der Waals surface area (Å²) in [5, 5.41) is 9.86. The summed E-state index contributed by atoms with van der Waals surface area (Å²) in [5.41, 5.74) is 1.21. The van der Waals surface area contributed by atoms with E-state index in [2.05, 4.69) is 10.2 Å². The highest BCUT2D eigenvalue weighted by molar-refractivity contribution is 7.99. The number of ether oxygens (including phenoxy) is 1. The first-order chi connectivity index (χ1) is 16.2. The molecule has 3 heterocycles.